The zero-order valence-corrected chi connectivity index (χ0v) is 11.2. The standard InChI is InChI=1S/C16H16FNO2/c1-2-18(11-12-6-4-3-5-7-12)15-9-8-13(16(19)20)10-14(15)17/h3-10H,2,11H2,1H3,(H,19,20). The van der Waals surface area contributed by atoms with Crippen molar-refractivity contribution in [1.29, 1.82) is 0 Å². The molecule has 0 fully saturated rings. The minimum absolute atomic E-state index is 0.0398. The molecule has 20 heavy (non-hydrogen) atoms. The van der Waals surface area contributed by atoms with Gasteiger partial charge in [-0.05, 0) is 30.7 Å². The SMILES string of the molecule is CCN(Cc1ccccc1)c1ccc(C(=O)O)cc1F. The van der Waals surface area contributed by atoms with E-state index >= 15 is 0 Å². The van der Waals surface area contributed by atoms with Gasteiger partial charge in [-0.1, -0.05) is 30.3 Å². The second-order valence-electron chi connectivity index (χ2n) is 4.47. The molecular weight excluding hydrogens is 257 g/mol. The summed E-state index contributed by atoms with van der Waals surface area (Å²) in [6, 6.07) is 13.8. The molecule has 104 valence electrons. The molecule has 0 saturated carbocycles. The van der Waals surface area contributed by atoms with Crippen LogP contribution in [0.15, 0.2) is 48.5 Å². The molecule has 0 atom stereocenters. The maximum absolute atomic E-state index is 14.0. The van der Waals surface area contributed by atoms with E-state index in [1.54, 1.807) is 0 Å². The number of halogens is 1. The van der Waals surface area contributed by atoms with Crippen LogP contribution < -0.4 is 4.90 Å². The lowest BCUT2D eigenvalue weighted by Gasteiger charge is -2.24. The molecule has 0 heterocycles. The molecule has 0 aromatic heterocycles. The summed E-state index contributed by atoms with van der Waals surface area (Å²) in [6.45, 7) is 3.16. The van der Waals surface area contributed by atoms with Gasteiger partial charge in [0.05, 0.1) is 11.3 Å². The zero-order chi connectivity index (χ0) is 14.5. The van der Waals surface area contributed by atoms with Gasteiger partial charge in [0.2, 0.25) is 0 Å². The summed E-state index contributed by atoms with van der Waals surface area (Å²) < 4.78 is 14.0. The summed E-state index contributed by atoms with van der Waals surface area (Å²) in [7, 11) is 0. The predicted octanol–water partition coefficient (Wildman–Crippen LogP) is 3.55. The van der Waals surface area contributed by atoms with Crippen LogP contribution in [0.1, 0.15) is 22.8 Å². The maximum Gasteiger partial charge on any atom is 0.335 e. The number of rotatable bonds is 5. The maximum atomic E-state index is 14.0. The lowest BCUT2D eigenvalue weighted by atomic mass is 10.1. The van der Waals surface area contributed by atoms with E-state index in [1.807, 2.05) is 42.2 Å². The van der Waals surface area contributed by atoms with Crippen LogP contribution in [0.3, 0.4) is 0 Å². The van der Waals surface area contributed by atoms with Crippen LogP contribution in [-0.2, 0) is 6.54 Å². The Morgan fingerprint density at radius 2 is 1.90 bits per heavy atom. The Labute approximate surface area is 117 Å². The molecule has 0 radical (unpaired) electrons. The molecule has 0 aliphatic rings. The van der Waals surface area contributed by atoms with Crippen molar-refractivity contribution in [2.45, 2.75) is 13.5 Å². The number of nitrogens with zero attached hydrogens (tertiary/aromatic N) is 1. The van der Waals surface area contributed by atoms with Crippen molar-refractivity contribution in [3.63, 3.8) is 0 Å². The first kappa shape index (κ1) is 14.1. The average Bonchev–Trinajstić information content (AvgIpc) is 2.46. The quantitative estimate of drug-likeness (QED) is 0.905. The largest absolute Gasteiger partial charge is 0.478 e. The second kappa shape index (κ2) is 6.19. The lowest BCUT2D eigenvalue weighted by molar-refractivity contribution is 0.0696. The van der Waals surface area contributed by atoms with Crippen molar-refractivity contribution < 1.29 is 14.3 Å². The molecular formula is C16H16FNO2. The van der Waals surface area contributed by atoms with Crippen molar-refractivity contribution in [2.75, 3.05) is 11.4 Å². The highest BCUT2D eigenvalue weighted by atomic mass is 19.1. The van der Waals surface area contributed by atoms with Crippen molar-refractivity contribution in [3.05, 3.63) is 65.5 Å². The first-order chi connectivity index (χ1) is 9.61. The number of hydrogen-bond acceptors (Lipinski definition) is 2. The van der Waals surface area contributed by atoms with Crippen molar-refractivity contribution in [3.8, 4) is 0 Å². The second-order valence-corrected chi connectivity index (χ2v) is 4.47. The third kappa shape index (κ3) is 3.15. The summed E-state index contributed by atoms with van der Waals surface area (Å²) in [5.41, 5.74) is 1.46. The van der Waals surface area contributed by atoms with E-state index in [1.165, 1.54) is 12.1 Å². The molecule has 1 N–H and O–H groups in total. The Balaban J connectivity index is 2.26. The van der Waals surface area contributed by atoms with Gasteiger partial charge in [0.1, 0.15) is 5.82 Å². The minimum Gasteiger partial charge on any atom is -0.478 e. The molecule has 3 nitrogen and oxygen atoms in total. The van der Waals surface area contributed by atoms with Crippen LogP contribution in [0.25, 0.3) is 0 Å². The van der Waals surface area contributed by atoms with E-state index in [-0.39, 0.29) is 5.56 Å². The predicted molar refractivity (Wildman–Crippen MR) is 76.5 cm³/mol. The number of carbonyl (C=O) groups is 1. The summed E-state index contributed by atoms with van der Waals surface area (Å²) in [6.07, 6.45) is 0. The molecule has 4 heteroatoms. The monoisotopic (exact) mass is 273 g/mol. The van der Waals surface area contributed by atoms with Crippen LogP contribution in [0.5, 0.6) is 0 Å². The van der Waals surface area contributed by atoms with E-state index in [0.29, 0.717) is 18.8 Å². The van der Waals surface area contributed by atoms with Gasteiger partial charge in [-0.25, -0.2) is 9.18 Å². The number of carboxylic acid groups (broad SMARTS) is 1. The van der Waals surface area contributed by atoms with E-state index in [9.17, 15) is 9.18 Å². The zero-order valence-electron chi connectivity index (χ0n) is 11.2. The van der Waals surface area contributed by atoms with Crippen molar-refractivity contribution >= 4 is 11.7 Å². The third-order valence-electron chi connectivity index (χ3n) is 3.13. The first-order valence-corrected chi connectivity index (χ1v) is 6.43. The molecule has 0 aliphatic carbocycles. The Hall–Kier alpha value is -2.36. The normalized spacial score (nSPS) is 10.3. The molecule has 0 saturated heterocycles. The van der Waals surface area contributed by atoms with Crippen LogP contribution in [0.2, 0.25) is 0 Å². The fraction of sp³-hybridized carbons (Fsp3) is 0.188. The van der Waals surface area contributed by atoms with Crippen LogP contribution in [0, 0.1) is 5.82 Å². The molecule has 2 aromatic carbocycles. The smallest absolute Gasteiger partial charge is 0.335 e. The van der Waals surface area contributed by atoms with Gasteiger partial charge >= 0.3 is 5.97 Å². The molecule has 2 aromatic rings. The first-order valence-electron chi connectivity index (χ1n) is 6.43. The summed E-state index contributed by atoms with van der Waals surface area (Å²) in [4.78, 5) is 12.7. The number of benzene rings is 2. The molecule has 0 unspecified atom stereocenters. The Morgan fingerprint density at radius 3 is 2.45 bits per heavy atom. The molecule has 0 spiro atoms. The van der Waals surface area contributed by atoms with Gasteiger partial charge in [0.25, 0.3) is 0 Å². The summed E-state index contributed by atoms with van der Waals surface area (Å²) >= 11 is 0. The number of aromatic carboxylic acids is 1. The lowest BCUT2D eigenvalue weighted by Crippen LogP contribution is -2.23. The number of carboxylic acids is 1. The third-order valence-corrected chi connectivity index (χ3v) is 3.13. The Kier molecular flexibility index (Phi) is 4.35. The van der Waals surface area contributed by atoms with Gasteiger partial charge < -0.3 is 10.0 Å². The molecule has 0 aliphatic heterocycles. The fourth-order valence-corrected chi connectivity index (χ4v) is 2.07. The van der Waals surface area contributed by atoms with E-state index < -0.39 is 11.8 Å². The summed E-state index contributed by atoms with van der Waals surface area (Å²) in [5.74, 6) is -1.63. The van der Waals surface area contributed by atoms with Crippen LogP contribution >= 0.6 is 0 Å². The van der Waals surface area contributed by atoms with Crippen LogP contribution in [0.4, 0.5) is 10.1 Å². The van der Waals surface area contributed by atoms with Crippen molar-refractivity contribution in [1.82, 2.24) is 0 Å². The molecule has 2 rings (SSSR count). The van der Waals surface area contributed by atoms with Gasteiger partial charge in [0, 0.05) is 13.1 Å². The highest BCUT2D eigenvalue weighted by Gasteiger charge is 2.13. The molecule has 0 bridgehead atoms. The van der Waals surface area contributed by atoms with E-state index in [0.717, 1.165) is 11.6 Å². The van der Waals surface area contributed by atoms with E-state index in [4.69, 9.17) is 5.11 Å². The van der Waals surface area contributed by atoms with Crippen molar-refractivity contribution in [2.24, 2.45) is 0 Å². The Bertz CT molecular complexity index is 599. The van der Waals surface area contributed by atoms with Gasteiger partial charge in [-0.2, -0.15) is 0 Å². The highest BCUT2D eigenvalue weighted by Crippen LogP contribution is 2.22. The minimum atomic E-state index is -1.12. The van der Waals surface area contributed by atoms with Gasteiger partial charge in [-0.3, -0.25) is 0 Å². The van der Waals surface area contributed by atoms with Gasteiger partial charge in [0.15, 0.2) is 0 Å². The average molecular weight is 273 g/mol. The Morgan fingerprint density at radius 1 is 1.20 bits per heavy atom. The highest BCUT2D eigenvalue weighted by molar-refractivity contribution is 5.88. The fourth-order valence-electron chi connectivity index (χ4n) is 2.07. The number of hydrogen-bond donors (Lipinski definition) is 1. The summed E-state index contributed by atoms with van der Waals surface area (Å²) in [5, 5.41) is 8.85. The molecule has 0 amide bonds. The van der Waals surface area contributed by atoms with Crippen LogP contribution in [-0.4, -0.2) is 17.6 Å². The van der Waals surface area contributed by atoms with E-state index in [2.05, 4.69) is 0 Å². The topological polar surface area (TPSA) is 40.5 Å². The van der Waals surface area contributed by atoms with Gasteiger partial charge in [-0.15, -0.1) is 0 Å². The number of anilines is 1.